The van der Waals surface area contributed by atoms with Crippen LogP contribution in [0, 0.1) is 0 Å². The lowest BCUT2D eigenvalue weighted by Crippen LogP contribution is -2.09. The largest absolute Gasteiger partial charge is 0.463 e. The molecule has 0 aliphatic rings. The maximum Gasteiger partial charge on any atom is 0.347 e. The Morgan fingerprint density at radius 3 is 2.64 bits per heavy atom. The molecule has 2 aromatic carbocycles. The Bertz CT molecular complexity index is 1150. The number of furan rings is 1. The quantitative estimate of drug-likeness (QED) is 0.427. The summed E-state index contributed by atoms with van der Waals surface area (Å²) in [5, 5.41) is 2.85. The second-order valence-electron chi connectivity index (χ2n) is 6.16. The molecule has 4 rings (SSSR count). The van der Waals surface area contributed by atoms with Crippen LogP contribution in [0.1, 0.15) is 25.0 Å². The van der Waals surface area contributed by atoms with Crippen molar-refractivity contribution in [2.75, 3.05) is 5.73 Å². The average molecular weight is 333 g/mol. The summed E-state index contributed by atoms with van der Waals surface area (Å²) in [5.41, 5.74) is 9.25. The van der Waals surface area contributed by atoms with Gasteiger partial charge in [0.2, 0.25) is 0 Å². The summed E-state index contributed by atoms with van der Waals surface area (Å²) in [7, 11) is 0. The van der Waals surface area contributed by atoms with Crippen LogP contribution >= 0.6 is 0 Å². The zero-order valence-electron chi connectivity index (χ0n) is 14.3. The minimum absolute atomic E-state index is 0.392. The van der Waals surface area contributed by atoms with Gasteiger partial charge < -0.3 is 14.6 Å². The first-order valence-corrected chi connectivity index (χ1v) is 8.48. The van der Waals surface area contributed by atoms with Crippen LogP contribution < -0.4 is 11.4 Å². The van der Waals surface area contributed by atoms with Gasteiger partial charge in [-0.05, 0) is 30.0 Å². The fraction of sp³-hybridized carbons (Fsp3) is 0.190. The van der Waals surface area contributed by atoms with Crippen molar-refractivity contribution in [3.05, 3.63) is 64.2 Å². The predicted molar refractivity (Wildman–Crippen MR) is 101 cm³/mol. The van der Waals surface area contributed by atoms with Crippen molar-refractivity contribution in [1.29, 1.82) is 0 Å². The van der Waals surface area contributed by atoms with Crippen molar-refractivity contribution >= 4 is 27.4 Å². The van der Waals surface area contributed by atoms with Crippen LogP contribution in [-0.4, -0.2) is 0 Å². The van der Waals surface area contributed by atoms with Crippen LogP contribution in [0.5, 0.6) is 0 Å². The average Bonchev–Trinajstić information content (AvgIpc) is 3.03. The van der Waals surface area contributed by atoms with E-state index in [0.29, 0.717) is 29.0 Å². The van der Waals surface area contributed by atoms with Crippen molar-refractivity contribution in [3.63, 3.8) is 0 Å². The molecule has 4 nitrogen and oxygen atoms in total. The second-order valence-corrected chi connectivity index (χ2v) is 6.16. The van der Waals surface area contributed by atoms with Gasteiger partial charge in [-0.2, -0.15) is 0 Å². The molecule has 4 heteroatoms. The number of anilines is 1. The molecule has 25 heavy (non-hydrogen) atoms. The highest BCUT2D eigenvalue weighted by Crippen LogP contribution is 2.35. The van der Waals surface area contributed by atoms with E-state index in [0.717, 1.165) is 33.7 Å². The van der Waals surface area contributed by atoms with E-state index < -0.39 is 5.63 Å². The summed E-state index contributed by atoms with van der Waals surface area (Å²) in [6, 6.07) is 11.5. The molecule has 0 spiro atoms. The van der Waals surface area contributed by atoms with Gasteiger partial charge in [0.25, 0.3) is 0 Å². The number of hydrogen-bond acceptors (Lipinski definition) is 4. The Balaban J connectivity index is 2.16. The van der Waals surface area contributed by atoms with Gasteiger partial charge in [-0.1, -0.05) is 38.1 Å². The third-order valence-electron chi connectivity index (χ3n) is 4.69. The molecule has 2 aromatic heterocycles. The number of nitrogen functional groups attached to an aromatic ring is 1. The SMILES string of the molecule is CCc1cc(N)cc2oc(=O)c(-c3occ4ccccc34)c(CC)c12. The molecule has 0 amide bonds. The molecule has 4 aromatic rings. The number of fused-ring (bicyclic) bond motifs is 2. The molecule has 2 N–H and O–H groups in total. The van der Waals surface area contributed by atoms with Gasteiger partial charge in [0.05, 0.1) is 6.26 Å². The predicted octanol–water partition coefficient (Wildman–Crippen LogP) is 4.91. The molecule has 0 unspecified atom stereocenters. The van der Waals surface area contributed by atoms with E-state index >= 15 is 0 Å². The van der Waals surface area contributed by atoms with Crippen LogP contribution in [0.15, 0.2) is 56.3 Å². The van der Waals surface area contributed by atoms with E-state index in [1.807, 2.05) is 37.3 Å². The lowest BCUT2D eigenvalue weighted by Gasteiger charge is -2.13. The van der Waals surface area contributed by atoms with E-state index in [1.165, 1.54) is 0 Å². The van der Waals surface area contributed by atoms with Crippen molar-refractivity contribution in [2.45, 2.75) is 26.7 Å². The highest BCUT2D eigenvalue weighted by molar-refractivity contribution is 5.98. The number of rotatable bonds is 3. The van der Waals surface area contributed by atoms with E-state index in [-0.39, 0.29) is 0 Å². The Labute approximate surface area is 144 Å². The summed E-state index contributed by atoms with van der Waals surface area (Å²) >= 11 is 0. The molecule has 0 aliphatic carbocycles. The Hall–Kier alpha value is -3.01. The van der Waals surface area contributed by atoms with E-state index in [9.17, 15) is 4.79 Å². The lowest BCUT2D eigenvalue weighted by atomic mass is 9.94. The van der Waals surface area contributed by atoms with Crippen LogP contribution in [-0.2, 0) is 12.8 Å². The summed E-state index contributed by atoms with van der Waals surface area (Å²) in [5.74, 6) is 0.571. The fourth-order valence-corrected chi connectivity index (χ4v) is 3.57. The molecule has 0 saturated heterocycles. The van der Waals surface area contributed by atoms with Crippen molar-refractivity contribution in [2.24, 2.45) is 0 Å². The molecule has 126 valence electrons. The highest BCUT2D eigenvalue weighted by Gasteiger charge is 2.21. The minimum Gasteiger partial charge on any atom is -0.463 e. The van der Waals surface area contributed by atoms with Crippen LogP contribution in [0.25, 0.3) is 33.1 Å². The first kappa shape index (κ1) is 15.5. The monoisotopic (exact) mass is 333 g/mol. The van der Waals surface area contributed by atoms with Gasteiger partial charge in [0.1, 0.15) is 16.9 Å². The molecule has 0 bridgehead atoms. The van der Waals surface area contributed by atoms with E-state index in [4.69, 9.17) is 14.6 Å². The lowest BCUT2D eigenvalue weighted by molar-refractivity contribution is 0.546. The Kier molecular flexibility index (Phi) is 3.61. The zero-order chi connectivity index (χ0) is 17.6. The maximum absolute atomic E-state index is 12.8. The number of nitrogens with two attached hydrogens (primary N) is 1. The minimum atomic E-state index is -0.392. The molecule has 0 atom stereocenters. The Morgan fingerprint density at radius 2 is 1.88 bits per heavy atom. The molecule has 0 aliphatic heterocycles. The number of hydrogen-bond donors (Lipinski definition) is 1. The molecule has 0 radical (unpaired) electrons. The summed E-state index contributed by atoms with van der Waals surface area (Å²) in [6.45, 7) is 4.11. The maximum atomic E-state index is 12.8. The normalized spacial score (nSPS) is 11.4. The zero-order valence-corrected chi connectivity index (χ0v) is 14.3. The summed E-state index contributed by atoms with van der Waals surface area (Å²) in [4.78, 5) is 12.8. The molecule has 0 saturated carbocycles. The van der Waals surface area contributed by atoms with E-state index in [2.05, 4.69) is 6.92 Å². The van der Waals surface area contributed by atoms with E-state index in [1.54, 1.807) is 12.3 Å². The van der Waals surface area contributed by atoms with Gasteiger partial charge in [0.15, 0.2) is 0 Å². The topological polar surface area (TPSA) is 69.4 Å². The third-order valence-corrected chi connectivity index (χ3v) is 4.69. The molecular formula is C21H19NO3. The van der Waals surface area contributed by atoms with Gasteiger partial charge in [-0.3, -0.25) is 0 Å². The van der Waals surface area contributed by atoms with Crippen LogP contribution in [0.3, 0.4) is 0 Å². The third kappa shape index (κ3) is 2.33. The van der Waals surface area contributed by atoms with Crippen molar-refractivity contribution in [3.8, 4) is 11.3 Å². The first-order chi connectivity index (χ1) is 12.1. The molecule has 2 heterocycles. The smallest absolute Gasteiger partial charge is 0.347 e. The fourth-order valence-electron chi connectivity index (χ4n) is 3.57. The standard InChI is InChI=1S/C21H19NO3/c1-3-12-9-14(22)10-17-18(12)15(4-2)19(21(23)25-17)20-16-8-6-5-7-13(16)11-24-20/h5-11H,3-4,22H2,1-2H3. The first-order valence-electron chi connectivity index (χ1n) is 8.48. The summed E-state index contributed by atoms with van der Waals surface area (Å²) < 4.78 is 11.4. The van der Waals surface area contributed by atoms with Gasteiger partial charge in [0, 0.05) is 27.9 Å². The number of aryl methyl sites for hydroxylation is 2. The molecule has 0 fully saturated rings. The summed E-state index contributed by atoms with van der Waals surface area (Å²) in [6.07, 6.45) is 3.18. The van der Waals surface area contributed by atoms with Crippen molar-refractivity contribution in [1.82, 2.24) is 0 Å². The van der Waals surface area contributed by atoms with Crippen LogP contribution in [0.2, 0.25) is 0 Å². The Morgan fingerprint density at radius 1 is 1.08 bits per heavy atom. The van der Waals surface area contributed by atoms with Crippen molar-refractivity contribution < 1.29 is 8.83 Å². The second kappa shape index (κ2) is 5.81. The van der Waals surface area contributed by atoms with Gasteiger partial charge in [-0.25, -0.2) is 4.79 Å². The van der Waals surface area contributed by atoms with Gasteiger partial charge in [-0.15, -0.1) is 0 Å². The van der Waals surface area contributed by atoms with Gasteiger partial charge >= 0.3 is 5.63 Å². The molecular weight excluding hydrogens is 314 g/mol. The van der Waals surface area contributed by atoms with Crippen LogP contribution in [0.4, 0.5) is 5.69 Å². The number of benzene rings is 2. The highest BCUT2D eigenvalue weighted by atomic mass is 16.4.